The van der Waals surface area contributed by atoms with Crippen LogP contribution in [-0.2, 0) is 12.8 Å². The van der Waals surface area contributed by atoms with E-state index in [1.165, 1.54) is 69.7 Å². The van der Waals surface area contributed by atoms with Gasteiger partial charge in [0.25, 0.3) is 0 Å². The molecule has 3 aliphatic heterocycles. The summed E-state index contributed by atoms with van der Waals surface area (Å²) in [5.41, 5.74) is 6.53. The Bertz CT molecular complexity index is 915. The fourth-order valence-corrected chi connectivity index (χ4v) is 7.45. The van der Waals surface area contributed by atoms with Crippen LogP contribution in [0.5, 0.6) is 0 Å². The Morgan fingerprint density at radius 2 is 1.67 bits per heavy atom. The van der Waals surface area contributed by atoms with Crippen molar-refractivity contribution in [2.75, 3.05) is 44.7 Å². The summed E-state index contributed by atoms with van der Waals surface area (Å²) in [7, 11) is 2.33. The summed E-state index contributed by atoms with van der Waals surface area (Å²) in [6.45, 7) is 8.60. The van der Waals surface area contributed by atoms with Crippen LogP contribution in [0.1, 0.15) is 29.5 Å². The van der Waals surface area contributed by atoms with E-state index in [2.05, 4.69) is 77.2 Å². The number of hydrogen-bond donors (Lipinski definition) is 0. The molecule has 1 spiro atoms. The first-order valence-electron chi connectivity index (χ1n) is 12.0. The Hall–Kier alpha value is -1.84. The standard InChI is InChI=1S/C27H35N3/c1-20-7-6-8-21-15-24(16-25(20)21)29-13-11-27(12-14-29)26-19-28(2)17-22(26)18-30(27)23-9-4-3-5-10-23/h3-10,22,24,26H,11-19H2,1-2H3. The highest BCUT2D eigenvalue weighted by Gasteiger charge is 2.57. The van der Waals surface area contributed by atoms with Crippen molar-refractivity contribution in [3.8, 4) is 0 Å². The van der Waals surface area contributed by atoms with Crippen LogP contribution in [0.3, 0.4) is 0 Å². The van der Waals surface area contributed by atoms with Crippen LogP contribution in [0.4, 0.5) is 5.69 Å². The molecule has 0 saturated carbocycles. The molecule has 1 aliphatic carbocycles. The Kier molecular flexibility index (Phi) is 4.47. The number of para-hydroxylation sites is 1. The lowest BCUT2D eigenvalue weighted by Gasteiger charge is -2.50. The largest absolute Gasteiger partial charge is 0.365 e. The van der Waals surface area contributed by atoms with Gasteiger partial charge < -0.3 is 9.80 Å². The van der Waals surface area contributed by atoms with Crippen molar-refractivity contribution < 1.29 is 0 Å². The molecule has 0 aromatic heterocycles. The number of anilines is 1. The minimum absolute atomic E-state index is 0.356. The highest BCUT2D eigenvalue weighted by Crippen LogP contribution is 2.50. The minimum atomic E-state index is 0.356. The lowest BCUT2D eigenvalue weighted by molar-refractivity contribution is 0.0963. The second-order valence-electron chi connectivity index (χ2n) is 10.4. The number of likely N-dealkylation sites (tertiary alicyclic amines) is 2. The van der Waals surface area contributed by atoms with Crippen LogP contribution in [0, 0.1) is 18.8 Å². The first-order chi connectivity index (χ1) is 14.6. The Labute approximate surface area is 181 Å². The zero-order chi connectivity index (χ0) is 20.3. The molecule has 6 rings (SSSR count). The smallest absolute Gasteiger partial charge is 0.0470 e. The van der Waals surface area contributed by atoms with E-state index in [9.17, 15) is 0 Å². The van der Waals surface area contributed by atoms with E-state index in [0.29, 0.717) is 11.6 Å². The Morgan fingerprint density at radius 1 is 0.867 bits per heavy atom. The zero-order valence-electron chi connectivity index (χ0n) is 18.6. The van der Waals surface area contributed by atoms with E-state index >= 15 is 0 Å². The molecule has 3 atom stereocenters. The molecular weight excluding hydrogens is 366 g/mol. The van der Waals surface area contributed by atoms with E-state index in [-0.39, 0.29) is 0 Å². The van der Waals surface area contributed by atoms with Gasteiger partial charge in [-0.25, -0.2) is 0 Å². The summed E-state index contributed by atoms with van der Waals surface area (Å²) in [4.78, 5) is 8.25. The number of piperidine rings is 1. The van der Waals surface area contributed by atoms with Gasteiger partial charge in [0.2, 0.25) is 0 Å². The van der Waals surface area contributed by atoms with Crippen LogP contribution in [0.25, 0.3) is 0 Å². The van der Waals surface area contributed by atoms with Crippen LogP contribution in [-0.4, -0.2) is 61.2 Å². The maximum absolute atomic E-state index is 2.83. The summed E-state index contributed by atoms with van der Waals surface area (Å²) >= 11 is 0. The van der Waals surface area contributed by atoms with Gasteiger partial charge in [-0.2, -0.15) is 0 Å². The third kappa shape index (κ3) is 2.85. The quantitative estimate of drug-likeness (QED) is 0.753. The maximum atomic E-state index is 2.83. The van der Waals surface area contributed by atoms with Gasteiger partial charge in [-0.15, -0.1) is 0 Å². The van der Waals surface area contributed by atoms with Gasteiger partial charge in [0.15, 0.2) is 0 Å². The molecule has 158 valence electrons. The summed E-state index contributed by atoms with van der Waals surface area (Å²) in [5, 5.41) is 0. The molecule has 30 heavy (non-hydrogen) atoms. The maximum Gasteiger partial charge on any atom is 0.0470 e. The van der Waals surface area contributed by atoms with E-state index in [1.807, 2.05) is 0 Å². The van der Waals surface area contributed by atoms with Gasteiger partial charge in [0, 0.05) is 55.9 Å². The normalized spacial score (nSPS) is 30.7. The lowest BCUT2D eigenvalue weighted by atomic mass is 9.74. The number of benzene rings is 2. The molecule has 3 nitrogen and oxygen atoms in total. The Morgan fingerprint density at radius 3 is 2.43 bits per heavy atom. The van der Waals surface area contributed by atoms with Crippen molar-refractivity contribution >= 4 is 5.69 Å². The topological polar surface area (TPSA) is 9.72 Å². The van der Waals surface area contributed by atoms with Gasteiger partial charge in [-0.05, 0) is 74.4 Å². The predicted molar refractivity (Wildman–Crippen MR) is 124 cm³/mol. The summed E-state index contributed by atoms with van der Waals surface area (Å²) in [5.74, 6) is 1.66. The highest BCUT2D eigenvalue weighted by atomic mass is 15.3. The summed E-state index contributed by atoms with van der Waals surface area (Å²) in [6, 6.07) is 18.9. The first kappa shape index (κ1) is 18.9. The third-order valence-corrected chi connectivity index (χ3v) is 8.92. The van der Waals surface area contributed by atoms with E-state index in [0.717, 1.165) is 11.8 Å². The number of fused-ring (bicyclic) bond motifs is 3. The summed E-state index contributed by atoms with van der Waals surface area (Å²) < 4.78 is 0. The van der Waals surface area contributed by atoms with Gasteiger partial charge >= 0.3 is 0 Å². The molecule has 0 amide bonds. The average molecular weight is 402 g/mol. The molecule has 3 heteroatoms. The van der Waals surface area contributed by atoms with Crippen molar-refractivity contribution in [3.05, 3.63) is 65.2 Å². The van der Waals surface area contributed by atoms with Gasteiger partial charge in [-0.1, -0.05) is 36.4 Å². The zero-order valence-corrected chi connectivity index (χ0v) is 18.6. The van der Waals surface area contributed by atoms with Crippen molar-refractivity contribution in [2.24, 2.45) is 11.8 Å². The lowest BCUT2D eigenvalue weighted by Crippen LogP contribution is -2.58. The molecule has 2 aromatic carbocycles. The highest BCUT2D eigenvalue weighted by molar-refractivity contribution is 5.52. The van der Waals surface area contributed by atoms with Crippen LogP contribution >= 0.6 is 0 Å². The number of hydrogen-bond acceptors (Lipinski definition) is 3. The van der Waals surface area contributed by atoms with Gasteiger partial charge in [0.05, 0.1) is 0 Å². The van der Waals surface area contributed by atoms with Crippen LogP contribution in [0.15, 0.2) is 48.5 Å². The van der Waals surface area contributed by atoms with Crippen LogP contribution < -0.4 is 4.90 Å². The molecule has 3 fully saturated rings. The molecule has 3 saturated heterocycles. The molecular formula is C27H35N3. The first-order valence-corrected chi connectivity index (χ1v) is 12.0. The molecule has 3 unspecified atom stereocenters. The molecule has 0 bridgehead atoms. The fourth-order valence-electron chi connectivity index (χ4n) is 7.45. The second-order valence-corrected chi connectivity index (χ2v) is 10.4. The van der Waals surface area contributed by atoms with Crippen LogP contribution in [0.2, 0.25) is 0 Å². The number of nitrogens with zero attached hydrogens (tertiary/aromatic N) is 3. The SMILES string of the molecule is Cc1cccc2c1CC(N1CCC3(CC1)C1CN(C)CC1CN3c1ccccc1)C2. The monoisotopic (exact) mass is 401 g/mol. The molecule has 3 heterocycles. The average Bonchev–Trinajstić information content (AvgIpc) is 3.43. The van der Waals surface area contributed by atoms with E-state index in [1.54, 1.807) is 11.1 Å². The molecule has 0 radical (unpaired) electrons. The number of rotatable bonds is 2. The van der Waals surface area contributed by atoms with E-state index < -0.39 is 0 Å². The van der Waals surface area contributed by atoms with Crippen molar-refractivity contribution in [1.82, 2.24) is 9.80 Å². The second kappa shape index (κ2) is 7.10. The van der Waals surface area contributed by atoms with Crippen molar-refractivity contribution in [2.45, 2.75) is 44.2 Å². The van der Waals surface area contributed by atoms with Crippen molar-refractivity contribution in [3.63, 3.8) is 0 Å². The molecule has 4 aliphatic rings. The molecule has 2 aromatic rings. The van der Waals surface area contributed by atoms with Crippen molar-refractivity contribution in [1.29, 1.82) is 0 Å². The summed E-state index contributed by atoms with van der Waals surface area (Å²) in [6.07, 6.45) is 5.15. The fraction of sp³-hybridized carbons (Fsp3) is 0.556. The van der Waals surface area contributed by atoms with Gasteiger partial charge in [-0.3, -0.25) is 4.90 Å². The van der Waals surface area contributed by atoms with E-state index in [4.69, 9.17) is 0 Å². The number of aryl methyl sites for hydroxylation is 1. The minimum Gasteiger partial charge on any atom is -0.365 e. The van der Waals surface area contributed by atoms with Gasteiger partial charge in [0.1, 0.15) is 0 Å². The molecule has 0 N–H and O–H groups in total. The predicted octanol–water partition coefficient (Wildman–Crippen LogP) is 3.99. The third-order valence-electron chi connectivity index (χ3n) is 8.92. The Balaban J connectivity index is 1.23.